The highest BCUT2D eigenvalue weighted by Gasteiger charge is 2.09. The third kappa shape index (κ3) is 2.24. The van der Waals surface area contributed by atoms with Gasteiger partial charge in [0.05, 0.1) is 5.69 Å². The molecule has 0 saturated heterocycles. The standard InChI is InChI=1S/C13H14ClN5/c14-7-4-5-9-8(6-7)12-10(17-9)2-1-3-11(12)18-19-13(15)16/h1-6,13,17-19H,15-16H2. The molecule has 0 aliphatic rings. The third-order valence-corrected chi connectivity index (χ3v) is 3.19. The van der Waals surface area contributed by atoms with Crippen LogP contribution in [0.4, 0.5) is 5.69 Å². The van der Waals surface area contributed by atoms with Crippen molar-refractivity contribution < 1.29 is 0 Å². The Morgan fingerprint density at radius 1 is 1.11 bits per heavy atom. The number of benzene rings is 2. The minimum atomic E-state index is -0.635. The normalized spacial score (nSPS) is 11.6. The van der Waals surface area contributed by atoms with Gasteiger partial charge in [0, 0.05) is 26.8 Å². The molecule has 0 aliphatic carbocycles. The number of hydrogen-bond acceptors (Lipinski definition) is 4. The first-order valence-corrected chi connectivity index (χ1v) is 6.25. The van der Waals surface area contributed by atoms with Gasteiger partial charge in [0.1, 0.15) is 6.29 Å². The smallest absolute Gasteiger partial charge is 0.123 e. The fourth-order valence-electron chi connectivity index (χ4n) is 2.19. The number of H-pyrrole nitrogens is 1. The van der Waals surface area contributed by atoms with Gasteiger partial charge in [-0.1, -0.05) is 17.7 Å². The lowest BCUT2D eigenvalue weighted by molar-refractivity contribution is 0.604. The molecule has 7 N–H and O–H groups in total. The summed E-state index contributed by atoms with van der Waals surface area (Å²) >= 11 is 6.07. The third-order valence-electron chi connectivity index (χ3n) is 2.96. The van der Waals surface area contributed by atoms with Gasteiger partial charge < -0.3 is 21.9 Å². The van der Waals surface area contributed by atoms with E-state index in [1.165, 1.54) is 0 Å². The van der Waals surface area contributed by atoms with Gasteiger partial charge >= 0.3 is 0 Å². The predicted octanol–water partition coefficient (Wildman–Crippen LogP) is 2.09. The molecule has 1 heterocycles. The zero-order valence-electron chi connectivity index (χ0n) is 10.1. The van der Waals surface area contributed by atoms with Crippen molar-refractivity contribution in [2.24, 2.45) is 11.5 Å². The van der Waals surface area contributed by atoms with Gasteiger partial charge in [-0.3, -0.25) is 0 Å². The number of aromatic amines is 1. The molecular weight excluding hydrogens is 262 g/mol. The summed E-state index contributed by atoms with van der Waals surface area (Å²) in [7, 11) is 0. The first-order chi connectivity index (χ1) is 9.15. The Hall–Kier alpha value is -1.79. The fourth-order valence-corrected chi connectivity index (χ4v) is 2.36. The molecule has 0 atom stereocenters. The highest BCUT2D eigenvalue weighted by atomic mass is 35.5. The highest BCUT2D eigenvalue weighted by Crippen LogP contribution is 2.32. The van der Waals surface area contributed by atoms with Gasteiger partial charge in [0.2, 0.25) is 0 Å². The monoisotopic (exact) mass is 275 g/mol. The van der Waals surface area contributed by atoms with Crippen molar-refractivity contribution >= 4 is 39.1 Å². The lowest BCUT2D eigenvalue weighted by Gasteiger charge is -2.12. The molecular formula is C13H14ClN5. The van der Waals surface area contributed by atoms with E-state index in [0.717, 1.165) is 27.5 Å². The van der Waals surface area contributed by atoms with Gasteiger partial charge in [0.15, 0.2) is 0 Å². The first kappa shape index (κ1) is 12.3. The van der Waals surface area contributed by atoms with Crippen LogP contribution in [0.1, 0.15) is 0 Å². The number of halogens is 1. The van der Waals surface area contributed by atoms with E-state index in [2.05, 4.69) is 15.8 Å². The molecule has 1 aromatic heterocycles. The summed E-state index contributed by atoms with van der Waals surface area (Å²) in [5, 5.41) is 2.80. The molecule has 0 bridgehead atoms. The van der Waals surface area contributed by atoms with E-state index in [4.69, 9.17) is 23.1 Å². The van der Waals surface area contributed by atoms with E-state index in [-0.39, 0.29) is 0 Å². The Labute approximate surface area is 114 Å². The Kier molecular flexibility index (Phi) is 3.04. The van der Waals surface area contributed by atoms with Crippen LogP contribution < -0.4 is 22.3 Å². The molecule has 0 amide bonds. The van der Waals surface area contributed by atoms with Crippen LogP contribution >= 0.6 is 11.6 Å². The average Bonchev–Trinajstić information content (AvgIpc) is 2.74. The molecule has 5 nitrogen and oxygen atoms in total. The molecule has 98 valence electrons. The lowest BCUT2D eigenvalue weighted by atomic mass is 10.1. The number of anilines is 1. The van der Waals surface area contributed by atoms with Gasteiger partial charge in [0.25, 0.3) is 0 Å². The molecule has 6 heteroatoms. The SMILES string of the molecule is NC(N)NNc1cccc2[nH]c3ccc(Cl)cc3c12. The minimum absolute atomic E-state index is 0.635. The molecule has 2 aromatic carbocycles. The predicted molar refractivity (Wildman–Crippen MR) is 79.7 cm³/mol. The van der Waals surface area contributed by atoms with Crippen LogP contribution in [0.2, 0.25) is 5.02 Å². The van der Waals surface area contributed by atoms with Gasteiger partial charge in [-0.2, -0.15) is 0 Å². The molecule has 0 fully saturated rings. The van der Waals surface area contributed by atoms with Crippen molar-refractivity contribution in [3.63, 3.8) is 0 Å². The molecule has 3 aromatic rings. The number of hydrazine groups is 1. The Morgan fingerprint density at radius 2 is 1.95 bits per heavy atom. The van der Waals surface area contributed by atoms with E-state index in [1.807, 2.05) is 36.4 Å². The summed E-state index contributed by atoms with van der Waals surface area (Å²) in [6, 6.07) is 11.7. The summed E-state index contributed by atoms with van der Waals surface area (Å²) < 4.78 is 0. The van der Waals surface area contributed by atoms with Crippen LogP contribution in [-0.4, -0.2) is 11.3 Å². The maximum Gasteiger partial charge on any atom is 0.123 e. The number of fused-ring (bicyclic) bond motifs is 3. The Balaban J connectivity index is 2.21. The summed E-state index contributed by atoms with van der Waals surface area (Å²) in [6.07, 6.45) is -0.635. The number of aromatic nitrogens is 1. The lowest BCUT2D eigenvalue weighted by Crippen LogP contribution is -2.48. The van der Waals surface area contributed by atoms with E-state index in [0.29, 0.717) is 5.02 Å². The Morgan fingerprint density at radius 3 is 2.74 bits per heavy atom. The van der Waals surface area contributed by atoms with E-state index >= 15 is 0 Å². The van der Waals surface area contributed by atoms with Crippen LogP contribution in [-0.2, 0) is 0 Å². The Bertz CT molecular complexity index is 734. The molecule has 0 unspecified atom stereocenters. The van der Waals surface area contributed by atoms with Crippen LogP contribution in [0.25, 0.3) is 21.8 Å². The largest absolute Gasteiger partial charge is 0.354 e. The highest BCUT2D eigenvalue weighted by molar-refractivity contribution is 6.32. The number of rotatable bonds is 3. The van der Waals surface area contributed by atoms with Crippen molar-refractivity contribution in [1.29, 1.82) is 0 Å². The van der Waals surface area contributed by atoms with Gasteiger partial charge in [-0.05, 0) is 30.3 Å². The maximum atomic E-state index is 6.07. The van der Waals surface area contributed by atoms with Gasteiger partial charge in [-0.25, -0.2) is 5.43 Å². The first-order valence-electron chi connectivity index (χ1n) is 5.88. The van der Waals surface area contributed by atoms with Gasteiger partial charge in [-0.15, -0.1) is 0 Å². The zero-order valence-corrected chi connectivity index (χ0v) is 10.8. The molecule has 0 saturated carbocycles. The summed E-state index contributed by atoms with van der Waals surface area (Å²) in [4.78, 5) is 3.34. The van der Waals surface area contributed by atoms with Crippen molar-refractivity contribution in [3.8, 4) is 0 Å². The topological polar surface area (TPSA) is 91.9 Å². The molecule has 0 aliphatic heterocycles. The van der Waals surface area contributed by atoms with E-state index in [9.17, 15) is 0 Å². The zero-order chi connectivity index (χ0) is 13.4. The van der Waals surface area contributed by atoms with E-state index < -0.39 is 6.29 Å². The summed E-state index contributed by atoms with van der Waals surface area (Å²) in [5.41, 5.74) is 19.7. The second kappa shape index (κ2) is 4.71. The average molecular weight is 276 g/mol. The molecule has 19 heavy (non-hydrogen) atoms. The van der Waals surface area contributed by atoms with Crippen LogP contribution in [0.15, 0.2) is 36.4 Å². The number of nitrogens with one attached hydrogen (secondary N) is 3. The summed E-state index contributed by atoms with van der Waals surface area (Å²) in [5.74, 6) is 0. The van der Waals surface area contributed by atoms with Crippen molar-refractivity contribution in [2.45, 2.75) is 6.29 Å². The summed E-state index contributed by atoms with van der Waals surface area (Å²) in [6.45, 7) is 0. The second-order valence-corrected chi connectivity index (χ2v) is 4.77. The van der Waals surface area contributed by atoms with Crippen molar-refractivity contribution in [3.05, 3.63) is 41.4 Å². The number of hydrogen-bond donors (Lipinski definition) is 5. The van der Waals surface area contributed by atoms with Crippen LogP contribution in [0.5, 0.6) is 0 Å². The maximum absolute atomic E-state index is 6.07. The molecule has 0 spiro atoms. The van der Waals surface area contributed by atoms with Crippen molar-refractivity contribution in [2.75, 3.05) is 5.43 Å². The second-order valence-electron chi connectivity index (χ2n) is 4.34. The van der Waals surface area contributed by atoms with Crippen LogP contribution in [0.3, 0.4) is 0 Å². The van der Waals surface area contributed by atoms with Crippen molar-refractivity contribution in [1.82, 2.24) is 10.4 Å². The van der Waals surface area contributed by atoms with Crippen LogP contribution in [0, 0.1) is 0 Å². The quantitative estimate of drug-likeness (QED) is 0.374. The minimum Gasteiger partial charge on any atom is -0.354 e. The van der Waals surface area contributed by atoms with E-state index in [1.54, 1.807) is 0 Å². The number of nitrogens with two attached hydrogens (primary N) is 2. The molecule has 0 radical (unpaired) electrons. The fraction of sp³-hybridized carbons (Fsp3) is 0.0769. The molecule has 3 rings (SSSR count).